The second-order valence-corrected chi connectivity index (χ2v) is 7.05. The molecule has 1 N–H and O–H groups in total. The van der Waals surface area contributed by atoms with E-state index in [1.165, 1.54) is 0 Å². The highest BCUT2D eigenvalue weighted by molar-refractivity contribution is 6.09. The summed E-state index contributed by atoms with van der Waals surface area (Å²) in [5.41, 5.74) is 4.89. The molecule has 7 heteroatoms. The third-order valence-electron chi connectivity index (χ3n) is 5.23. The lowest BCUT2D eigenvalue weighted by molar-refractivity contribution is -0.117. The molecule has 0 radical (unpaired) electrons. The third-order valence-corrected chi connectivity index (χ3v) is 5.23. The van der Waals surface area contributed by atoms with Gasteiger partial charge in [0.1, 0.15) is 0 Å². The predicted octanol–water partition coefficient (Wildman–Crippen LogP) is 3.41. The monoisotopic (exact) mass is 383 g/mol. The number of fused-ring (bicyclic) bond motifs is 2. The Labute approximate surface area is 166 Å². The number of hydrogen-bond acceptors (Lipinski definition) is 5. The summed E-state index contributed by atoms with van der Waals surface area (Å²) in [5.74, 6) is -0.589. The third kappa shape index (κ3) is 2.97. The van der Waals surface area contributed by atoms with Crippen molar-refractivity contribution in [3.8, 4) is 11.1 Å². The van der Waals surface area contributed by atoms with E-state index in [0.717, 1.165) is 22.4 Å². The minimum Gasteiger partial charge on any atom is -0.294 e. The predicted molar refractivity (Wildman–Crippen MR) is 108 cm³/mol. The van der Waals surface area contributed by atoms with Crippen LogP contribution in [0.3, 0.4) is 0 Å². The van der Waals surface area contributed by atoms with Crippen LogP contribution < -0.4 is 5.32 Å². The molecule has 0 saturated carbocycles. The lowest BCUT2D eigenvalue weighted by Gasteiger charge is -2.08. The average molecular weight is 383 g/mol. The molecule has 0 spiro atoms. The molecule has 1 aliphatic rings. The number of anilines is 1. The van der Waals surface area contributed by atoms with Crippen LogP contribution in [0.4, 0.5) is 5.95 Å². The van der Waals surface area contributed by atoms with Gasteiger partial charge in [-0.1, -0.05) is 30.3 Å². The molecule has 0 bridgehead atoms. The second-order valence-electron chi connectivity index (χ2n) is 7.05. The number of rotatable bonds is 3. The zero-order chi connectivity index (χ0) is 20.0. The molecule has 1 amide bonds. The van der Waals surface area contributed by atoms with Crippen molar-refractivity contribution >= 4 is 23.3 Å². The van der Waals surface area contributed by atoms with Crippen molar-refractivity contribution in [1.82, 2.24) is 19.6 Å². The van der Waals surface area contributed by atoms with Gasteiger partial charge in [-0.15, -0.1) is 5.10 Å². The van der Waals surface area contributed by atoms with Crippen LogP contribution in [0, 0.1) is 6.92 Å². The fourth-order valence-electron chi connectivity index (χ4n) is 3.78. The van der Waals surface area contributed by atoms with E-state index < -0.39 is 5.92 Å². The standard InChI is InChI=1S/C22H17N5O2/c1-13-15(7-4-10-23-13)14-8-9-20-24-22(26-27(20)12-14)25-21(29)18-11-19(28)17-6-3-2-5-16(17)18/h2-10,12,18H,11H2,1H3,(H,25,26,29)/t18-/m0/s1. The van der Waals surface area contributed by atoms with Gasteiger partial charge in [0, 0.05) is 41.2 Å². The lowest BCUT2D eigenvalue weighted by Crippen LogP contribution is -2.20. The van der Waals surface area contributed by atoms with Crippen LogP contribution in [0.5, 0.6) is 0 Å². The molecule has 29 heavy (non-hydrogen) atoms. The number of Topliss-reactive ketones (excluding diaryl/α,β-unsaturated/α-hetero) is 1. The van der Waals surface area contributed by atoms with E-state index in [9.17, 15) is 9.59 Å². The summed E-state index contributed by atoms with van der Waals surface area (Å²) in [6, 6.07) is 14.9. The van der Waals surface area contributed by atoms with E-state index in [2.05, 4.69) is 20.4 Å². The first-order chi connectivity index (χ1) is 14.1. The van der Waals surface area contributed by atoms with Crippen LogP contribution in [0.15, 0.2) is 60.9 Å². The van der Waals surface area contributed by atoms with Crippen LogP contribution in [0.25, 0.3) is 16.8 Å². The SMILES string of the molecule is Cc1ncccc1-c1ccc2nc(NC(=O)[C@H]3CC(=O)c4ccccc43)nn2c1. The Morgan fingerprint density at radius 3 is 2.79 bits per heavy atom. The van der Waals surface area contributed by atoms with Crippen LogP contribution in [0.1, 0.15) is 34.0 Å². The topological polar surface area (TPSA) is 89.2 Å². The number of carbonyl (C=O) groups is 2. The Morgan fingerprint density at radius 2 is 1.93 bits per heavy atom. The fourth-order valence-corrected chi connectivity index (χ4v) is 3.78. The van der Waals surface area contributed by atoms with Crippen molar-refractivity contribution in [1.29, 1.82) is 0 Å². The number of nitrogens with zero attached hydrogens (tertiary/aromatic N) is 4. The molecule has 3 aromatic heterocycles. The van der Waals surface area contributed by atoms with Gasteiger partial charge in [-0.05, 0) is 30.7 Å². The molecule has 0 aliphatic heterocycles. The first-order valence-electron chi connectivity index (χ1n) is 9.31. The number of nitrogens with one attached hydrogen (secondary N) is 1. The molecule has 0 fully saturated rings. The molecule has 1 aliphatic carbocycles. The first-order valence-corrected chi connectivity index (χ1v) is 9.31. The number of ketones is 1. The van der Waals surface area contributed by atoms with E-state index in [1.54, 1.807) is 16.8 Å². The molecule has 0 saturated heterocycles. The Morgan fingerprint density at radius 1 is 1.10 bits per heavy atom. The smallest absolute Gasteiger partial charge is 0.249 e. The van der Waals surface area contributed by atoms with Crippen molar-refractivity contribution in [3.63, 3.8) is 0 Å². The zero-order valence-electron chi connectivity index (χ0n) is 15.7. The number of aromatic nitrogens is 4. The molecule has 0 unspecified atom stereocenters. The molecular formula is C22H17N5O2. The Balaban J connectivity index is 1.42. The van der Waals surface area contributed by atoms with Gasteiger partial charge in [-0.2, -0.15) is 4.98 Å². The van der Waals surface area contributed by atoms with Crippen LogP contribution in [-0.2, 0) is 4.79 Å². The van der Waals surface area contributed by atoms with Gasteiger partial charge >= 0.3 is 0 Å². The highest BCUT2D eigenvalue weighted by Crippen LogP contribution is 2.33. The lowest BCUT2D eigenvalue weighted by atomic mass is 10.0. The van der Waals surface area contributed by atoms with Crippen molar-refractivity contribution in [2.45, 2.75) is 19.3 Å². The van der Waals surface area contributed by atoms with Gasteiger partial charge in [0.15, 0.2) is 11.4 Å². The van der Waals surface area contributed by atoms with E-state index in [0.29, 0.717) is 11.2 Å². The molecule has 1 aromatic carbocycles. The van der Waals surface area contributed by atoms with E-state index in [4.69, 9.17) is 0 Å². The summed E-state index contributed by atoms with van der Waals surface area (Å²) in [7, 11) is 0. The van der Waals surface area contributed by atoms with Gasteiger partial charge in [0.05, 0.1) is 5.92 Å². The summed E-state index contributed by atoms with van der Waals surface area (Å²) in [6.07, 6.45) is 3.78. The van der Waals surface area contributed by atoms with Gasteiger partial charge in [0.25, 0.3) is 0 Å². The quantitative estimate of drug-likeness (QED) is 0.586. The van der Waals surface area contributed by atoms with E-state index >= 15 is 0 Å². The normalized spacial score (nSPS) is 15.5. The van der Waals surface area contributed by atoms with Crippen molar-refractivity contribution in [2.75, 3.05) is 5.32 Å². The molecule has 142 valence electrons. The summed E-state index contributed by atoms with van der Waals surface area (Å²) in [5, 5.41) is 7.14. The minimum absolute atomic E-state index is 0.0137. The average Bonchev–Trinajstić information content (AvgIpc) is 3.28. The zero-order valence-corrected chi connectivity index (χ0v) is 15.7. The van der Waals surface area contributed by atoms with Gasteiger partial charge in [-0.25, -0.2) is 4.52 Å². The number of aryl methyl sites for hydroxylation is 1. The Kier molecular flexibility index (Phi) is 3.94. The van der Waals surface area contributed by atoms with Crippen LogP contribution >= 0.6 is 0 Å². The van der Waals surface area contributed by atoms with Gasteiger partial charge < -0.3 is 0 Å². The maximum atomic E-state index is 12.8. The molecule has 7 nitrogen and oxygen atoms in total. The van der Waals surface area contributed by atoms with Crippen molar-refractivity contribution in [2.24, 2.45) is 0 Å². The maximum Gasteiger partial charge on any atom is 0.249 e. The number of carbonyl (C=O) groups excluding carboxylic acids is 2. The Bertz CT molecular complexity index is 1280. The molecule has 5 rings (SSSR count). The number of benzene rings is 1. The second kappa shape index (κ2) is 6.63. The summed E-state index contributed by atoms with van der Waals surface area (Å²) in [6.45, 7) is 1.95. The first kappa shape index (κ1) is 17.2. The van der Waals surface area contributed by atoms with Crippen LogP contribution in [0.2, 0.25) is 0 Å². The summed E-state index contributed by atoms with van der Waals surface area (Å²) in [4.78, 5) is 33.6. The molecule has 4 aromatic rings. The fraction of sp³-hybridized carbons (Fsp3) is 0.136. The summed E-state index contributed by atoms with van der Waals surface area (Å²) < 4.78 is 1.63. The Hall–Kier alpha value is -3.87. The van der Waals surface area contributed by atoms with Gasteiger partial charge in [0.2, 0.25) is 11.9 Å². The minimum atomic E-state index is -0.515. The molecule has 3 heterocycles. The van der Waals surface area contributed by atoms with Crippen molar-refractivity contribution < 1.29 is 9.59 Å². The highest BCUT2D eigenvalue weighted by Gasteiger charge is 2.34. The van der Waals surface area contributed by atoms with Crippen LogP contribution in [-0.4, -0.2) is 31.3 Å². The highest BCUT2D eigenvalue weighted by atomic mass is 16.2. The number of pyridine rings is 2. The number of amides is 1. The van der Waals surface area contributed by atoms with Crippen molar-refractivity contribution in [3.05, 3.63) is 77.7 Å². The summed E-state index contributed by atoms with van der Waals surface area (Å²) >= 11 is 0. The largest absolute Gasteiger partial charge is 0.294 e. The molecular weight excluding hydrogens is 366 g/mol. The maximum absolute atomic E-state index is 12.8. The molecule has 1 atom stereocenters. The van der Waals surface area contributed by atoms with E-state index in [1.807, 2.05) is 55.6 Å². The van der Waals surface area contributed by atoms with Gasteiger partial charge in [-0.3, -0.25) is 19.9 Å². The number of hydrogen-bond donors (Lipinski definition) is 1. The van der Waals surface area contributed by atoms with E-state index in [-0.39, 0.29) is 24.1 Å².